The number of pyridine rings is 1. The molecule has 0 saturated heterocycles. The van der Waals surface area contributed by atoms with Crippen molar-refractivity contribution in [2.24, 2.45) is 0 Å². The van der Waals surface area contributed by atoms with E-state index >= 15 is 0 Å². The molecular weight excluding hydrogens is 304 g/mol. The van der Waals surface area contributed by atoms with E-state index in [1.165, 1.54) is 0 Å². The monoisotopic (exact) mass is 324 g/mol. The number of nitrogens with one attached hydrogen (secondary N) is 2. The summed E-state index contributed by atoms with van der Waals surface area (Å²) < 4.78 is 5.28. The minimum Gasteiger partial charge on any atom is -0.495 e. The third-order valence-corrected chi connectivity index (χ3v) is 3.91. The second-order valence-electron chi connectivity index (χ2n) is 5.61. The maximum Gasteiger partial charge on any atom is 0.220 e. The number of methoxy groups -OCH3 is 1. The highest BCUT2D eigenvalue weighted by atomic mass is 16.5. The molecule has 0 unspecified atom stereocenters. The molecule has 1 aromatic carbocycles. The van der Waals surface area contributed by atoms with Crippen LogP contribution in [0.2, 0.25) is 0 Å². The summed E-state index contributed by atoms with van der Waals surface area (Å²) in [6.45, 7) is 1.93. The summed E-state index contributed by atoms with van der Waals surface area (Å²) in [6, 6.07) is 9.54. The number of nitrogens with zero attached hydrogens (tertiary/aromatic N) is 2. The van der Waals surface area contributed by atoms with Crippen molar-refractivity contribution in [2.75, 3.05) is 7.11 Å². The first-order valence-corrected chi connectivity index (χ1v) is 7.88. The first-order chi connectivity index (χ1) is 11.7. The van der Waals surface area contributed by atoms with Crippen LogP contribution in [0.5, 0.6) is 5.75 Å². The molecule has 124 valence electrons. The highest BCUT2D eigenvalue weighted by molar-refractivity contribution is 5.77. The number of aromatic amines is 1. The van der Waals surface area contributed by atoms with Gasteiger partial charge in [-0.05, 0) is 25.1 Å². The van der Waals surface area contributed by atoms with Crippen molar-refractivity contribution < 1.29 is 9.53 Å². The SMILES string of the molecule is COc1cnccc1[C@H](C)NC(=O)CCc1nc2ccccc2[nH]1. The van der Waals surface area contributed by atoms with Gasteiger partial charge in [0.05, 0.1) is 30.4 Å². The number of imidazole rings is 1. The number of amides is 1. The molecule has 24 heavy (non-hydrogen) atoms. The molecule has 3 rings (SSSR count). The Bertz CT molecular complexity index is 811. The Hall–Kier alpha value is -2.89. The molecule has 0 spiro atoms. The lowest BCUT2D eigenvalue weighted by molar-refractivity contribution is -0.121. The zero-order valence-corrected chi connectivity index (χ0v) is 13.7. The number of aryl methyl sites for hydroxylation is 1. The number of rotatable bonds is 6. The minimum atomic E-state index is -0.147. The van der Waals surface area contributed by atoms with Gasteiger partial charge < -0.3 is 15.0 Å². The Morgan fingerprint density at radius 3 is 2.96 bits per heavy atom. The summed E-state index contributed by atoms with van der Waals surface area (Å²) in [5.74, 6) is 1.46. The predicted octanol–water partition coefficient (Wildman–Crippen LogP) is 2.78. The molecule has 0 fully saturated rings. The third kappa shape index (κ3) is 3.53. The van der Waals surface area contributed by atoms with E-state index in [0.29, 0.717) is 18.6 Å². The Morgan fingerprint density at radius 1 is 1.33 bits per heavy atom. The number of hydrogen-bond donors (Lipinski definition) is 2. The van der Waals surface area contributed by atoms with Crippen molar-refractivity contribution in [2.45, 2.75) is 25.8 Å². The highest BCUT2D eigenvalue weighted by Crippen LogP contribution is 2.23. The van der Waals surface area contributed by atoms with Crippen molar-refractivity contribution >= 4 is 16.9 Å². The average molecular weight is 324 g/mol. The van der Waals surface area contributed by atoms with Crippen LogP contribution in [0.4, 0.5) is 0 Å². The number of hydrogen-bond acceptors (Lipinski definition) is 4. The van der Waals surface area contributed by atoms with Gasteiger partial charge in [-0.15, -0.1) is 0 Å². The molecule has 1 atom stereocenters. The van der Waals surface area contributed by atoms with E-state index in [2.05, 4.69) is 20.3 Å². The molecule has 2 N–H and O–H groups in total. The summed E-state index contributed by atoms with van der Waals surface area (Å²) in [6.07, 6.45) is 4.28. The number of benzene rings is 1. The fourth-order valence-electron chi connectivity index (χ4n) is 2.67. The molecule has 2 aromatic heterocycles. The van der Waals surface area contributed by atoms with Gasteiger partial charge in [0, 0.05) is 24.6 Å². The lowest BCUT2D eigenvalue weighted by atomic mass is 10.1. The van der Waals surface area contributed by atoms with Crippen LogP contribution >= 0.6 is 0 Å². The second kappa shape index (κ2) is 7.12. The van der Waals surface area contributed by atoms with E-state index in [1.807, 2.05) is 37.3 Å². The second-order valence-corrected chi connectivity index (χ2v) is 5.61. The summed E-state index contributed by atoms with van der Waals surface area (Å²) in [5, 5.41) is 2.99. The molecule has 1 amide bonds. The van der Waals surface area contributed by atoms with Gasteiger partial charge >= 0.3 is 0 Å². The van der Waals surface area contributed by atoms with Crippen LogP contribution in [0.15, 0.2) is 42.7 Å². The van der Waals surface area contributed by atoms with Crippen molar-refractivity contribution in [1.82, 2.24) is 20.3 Å². The van der Waals surface area contributed by atoms with Gasteiger partial charge in [-0.2, -0.15) is 0 Å². The fourth-order valence-corrected chi connectivity index (χ4v) is 2.67. The maximum absolute atomic E-state index is 12.2. The molecule has 3 aromatic rings. The van der Waals surface area contributed by atoms with E-state index in [1.54, 1.807) is 19.5 Å². The number of carbonyl (C=O) groups excluding carboxylic acids is 1. The molecule has 0 aliphatic carbocycles. The molecule has 0 aliphatic rings. The zero-order valence-electron chi connectivity index (χ0n) is 13.7. The van der Waals surface area contributed by atoms with Crippen molar-refractivity contribution in [3.05, 3.63) is 54.1 Å². The number of carbonyl (C=O) groups is 1. The lowest BCUT2D eigenvalue weighted by Gasteiger charge is -2.16. The molecule has 6 nitrogen and oxygen atoms in total. The van der Waals surface area contributed by atoms with E-state index in [-0.39, 0.29) is 11.9 Å². The number of fused-ring (bicyclic) bond motifs is 1. The van der Waals surface area contributed by atoms with Gasteiger partial charge in [0.25, 0.3) is 0 Å². The lowest BCUT2D eigenvalue weighted by Crippen LogP contribution is -2.27. The van der Waals surface area contributed by atoms with Gasteiger partial charge in [-0.3, -0.25) is 9.78 Å². The summed E-state index contributed by atoms with van der Waals surface area (Å²) in [4.78, 5) is 24.0. The Morgan fingerprint density at radius 2 is 2.17 bits per heavy atom. The standard InChI is InChI=1S/C18H20N4O2/c1-12(13-9-10-19-11-16(13)24-2)20-18(23)8-7-17-21-14-5-3-4-6-15(14)22-17/h3-6,9-12H,7-8H2,1-2H3,(H,20,23)(H,21,22)/t12-/m0/s1. The first kappa shape index (κ1) is 16.0. The van der Waals surface area contributed by atoms with E-state index in [9.17, 15) is 4.79 Å². The van der Waals surface area contributed by atoms with Crippen LogP contribution in [0.25, 0.3) is 11.0 Å². The average Bonchev–Trinajstić information content (AvgIpc) is 3.03. The molecule has 0 saturated carbocycles. The summed E-state index contributed by atoms with van der Waals surface area (Å²) in [5.41, 5.74) is 2.81. The van der Waals surface area contributed by atoms with E-state index in [4.69, 9.17) is 4.74 Å². The van der Waals surface area contributed by atoms with E-state index in [0.717, 1.165) is 22.4 Å². The molecule has 0 aliphatic heterocycles. The Balaban J connectivity index is 1.59. The molecule has 0 bridgehead atoms. The van der Waals surface area contributed by atoms with Crippen LogP contribution in [0.1, 0.15) is 30.8 Å². The van der Waals surface area contributed by atoms with Crippen LogP contribution in [-0.4, -0.2) is 28.0 Å². The maximum atomic E-state index is 12.2. The zero-order chi connectivity index (χ0) is 16.9. The quantitative estimate of drug-likeness (QED) is 0.730. The van der Waals surface area contributed by atoms with Crippen LogP contribution < -0.4 is 10.1 Å². The molecule has 2 heterocycles. The molecule has 0 radical (unpaired) electrons. The van der Waals surface area contributed by atoms with Gasteiger partial charge in [0.1, 0.15) is 11.6 Å². The van der Waals surface area contributed by atoms with E-state index < -0.39 is 0 Å². The molecular formula is C18H20N4O2. The van der Waals surface area contributed by atoms with Crippen molar-refractivity contribution in [3.8, 4) is 5.75 Å². The largest absolute Gasteiger partial charge is 0.495 e. The fraction of sp³-hybridized carbons (Fsp3) is 0.278. The number of aromatic nitrogens is 3. The van der Waals surface area contributed by atoms with Gasteiger partial charge in [-0.25, -0.2) is 4.98 Å². The van der Waals surface area contributed by atoms with Crippen LogP contribution in [0.3, 0.4) is 0 Å². The topological polar surface area (TPSA) is 79.9 Å². The van der Waals surface area contributed by atoms with Gasteiger partial charge in [0.15, 0.2) is 0 Å². The Kier molecular flexibility index (Phi) is 4.74. The number of para-hydroxylation sites is 2. The first-order valence-electron chi connectivity index (χ1n) is 7.88. The predicted molar refractivity (Wildman–Crippen MR) is 91.8 cm³/mol. The molecule has 6 heteroatoms. The van der Waals surface area contributed by atoms with Gasteiger partial charge in [-0.1, -0.05) is 12.1 Å². The van der Waals surface area contributed by atoms with Crippen LogP contribution in [0, 0.1) is 0 Å². The summed E-state index contributed by atoms with van der Waals surface area (Å²) in [7, 11) is 1.59. The smallest absolute Gasteiger partial charge is 0.220 e. The van der Waals surface area contributed by atoms with Crippen LogP contribution in [-0.2, 0) is 11.2 Å². The third-order valence-electron chi connectivity index (χ3n) is 3.91. The summed E-state index contributed by atoms with van der Waals surface area (Å²) >= 11 is 0. The minimum absolute atomic E-state index is 0.0261. The van der Waals surface area contributed by atoms with Crippen molar-refractivity contribution in [3.63, 3.8) is 0 Å². The number of ether oxygens (including phenoxy) is 1. The van der Waals surface area contributed by atoms with Gasteiger partial charge in [0.2, 0.25) is 5.91 Å². The number of H-pyrrole nitrogens is 1. The van der Waals surface area contributed by atoms with Crippen molar-refractivity contribution in [1.29, 1.82) is 0 Å². The Labute approximate surface area is 140 Å². The normalized spacial score (nSPS) is 12.1. The highest BCUT2D eigenvalue weighted by Gasteiger charge is 2.14.